The van der Waals surface area contributed by atoms with Crippen molar-refractivity contribution < 1.29 is 9.53 Å². The summed E-state index contributed by atoms with van der Waals surface area (Å²) in [6.07, 6.45) is 4.98. The van der Waals surface area contributed by atoms with Gasteiger partial charge in [-0.25, -0.2) is 9.97 Å². The highest BCUT2D eigenvalue weighted by Crippen LogP contribution is 2.25. The second kappa shape index (κ2) is 7.56. The van der Waals surface area contributed by atoms with Gasteiger partial charge in [-0.1, -0.05) is 11.6 Å². The van der Waals surface area contributed by atoms with E-state index in [-0.39, 0.29) is 11.8 Å². The zero-order valence-electron chi connectivity index (χ0n) is 12.4. The summed E-state index contributed by atoms with van der Waals surface area (Å²) in [7, 11) is 1.62. The molecular formula is C14H21ClN4O2. The molecule has 1 amide bonds. The van der Waals surface area contributed by atoms with Crippen LogP contribution in [0.1, 0.15) is 19.8 Å². The minimum absolute atomic E-state index is 0.0441. The lowest BCUT2D eigenvalue weighted by Gasteiger charge is -2.37. The van der Waals surface area contributed by atoms with Crippen molar-refractivity contribution in [2.75, 3.05) is 31.7 Å². The lowest BCUT2D eigenvalue weighted by Crippen LogP contribution is -2.48. The smallest absolute Gasteiger partial charge is 0.225 e. The van der Waals surface area contributed by atoms with Crippen LogP contribution in [0.15, 0.2) is 12.4 Å². The molecule has 1 saturated heterocycles. The van der Waals surface area contributed by atoms with Gasteiger partial charge in [-0.2, -0.15) is 0 Å². The van der Waals surface area contributed by atoms with Gasteiger partial charge in [0.25, 0.3) is 0 Å². The van der Waals surface area contributed by atoms with Crippen molar-refractivity contribution in [2.45, 2.75) is 25.8 Å². The number of carbonyl (C=O) groups is 1. The number of piperidine rings is 1. The summed E-state index contributed by atoms with van der Waals surface area (Å²) in [5.41, 5.74) is 0. The van der Waals surface area contributed by atoms with Gasteiger partial charge in [-0.05, 0) is 19.8 Å². The first-order valence-corrected chi connectivity index (χ1v) is 7.50. The van der Waals surface area contributed by atoms with Gasteiger partial charge in [-0.15, -0.1) is 0 Å². The quantitative estimate of drug-likeness (QED) is 0.835. The summed E-state index contributed by atoms with van der Waals surface area (Å²) >= 11 is 5.82. The highest BCUT2D eigenvalue weighted by molar-refractivity contribution is 6.30. The number of halogens is 1. The van der Waals surface area contributed by atoms with Gasteiger partial charge in [0.15, 0.2) is 0 Å². The van der Waals surface area contributed by atoms with Crippen LogP contribution in [0, 0.1) is 5.92 Å². The number of methoxy groups -OCH3 is 1. The van der Waals surface area contributed by atoms with E-state index in [4.69, 9.17) is 16.3 Å². The summed E-state index contributed by atoms with van der Waals surface area (Å²) < 4.78 is 4.94. The van der Waals surface area contributed by atoms with E-state index >= 15 is 0 Å². The molecule has 0 spiro atoms. The predicted octanol–water partition coefficient (Wildman–Crippen LogP) is 1.50. The fourth-order valence-corrected chi connectivity index (χ4v) is 2.57. The van der Waals surface area contributed by atoms with Gasteiger partial charge in [-0.3, -0.25) is 4.79 Å². The van der Waals surface area contributed by atoms with E-state index in [9.17, 15) is 4.79 Å². The molecule has 2 heterocycles. The lowest BCUT2D eigenvalue weighted by atomic mass is 9.93. The van der Waals surface area contributed by atoms with Gasteiger partial charge < -0.3 is 15.0 Å². The van der Waals surface area contributed by atoms with Crippen LogP contribution >= 0.6 is 11.6 Å². The highest BCUT2D eigenvalue weighted by Gasteiger charge is 2.31. The minimum Gasteiger partial charge on any atom is -0.383 e. The fraction of sp³-hybridized carbons (Fsp3) is 0.643. The largest absolute Gasteiger partial charge is 0.383 e. The Hall–Kier alpha value is -1.40. The molecule has 0 bridgehead atoms. The van der Waals surface area contributed by atoms with Crippen molar-refractivity contribution in [3.63, 3.8) is 0 Å². The third-order valence-corrected chi connectivity index (χ3v) is 3.92. The number of carbonyl (C=O) groups excluding carboxylic acids is 1. The van der Waals surface area contributed by atoms with E-state index in [2.05, 4.69) is 27.1 Å². The molecule has 0 saturated carbocycles. The van der Waals surface area contributed by atoms with E-state index in [0.29, 0.717) is 36.7 Å². The SMILES string of the molecule is COCCNC(=O)[C@H]1CC[C@H](C)N(c2ncc(Cl)cn2)C1. The van der Waals surface area contributed by atoms with Crippen LogP contribution in [0.3, 0.4) is 0 Å². The first kappa shape index (κ1) is 16.0. The maximum atomic E-state index is 12.2. The predicted molar refractivity (Wildman–Crippen MR) is 81.5 cm³/mol. The highest BCUT2D eigenvalue weighted by atomic mass is 35.5. The average Bonchev–Trinajstić information content (AvgIpc) is 2.49. The van der Waals surface area contributed by atoms with Gasteiger partial charge in [0.2, 0.25) is 11.9 Å². The second-order valence-electron chi connectivity index (χ2n) is 5.26. The standard InChI is InChI=1S/C14H21ClN4O2/c1-10-3-4-11(13(20)16-5-6-21-2)9-19(10)14-17-7-12(15)8-18-14/h7-8,10-11H,3-6,9H2,1-2H3,(H,16,20)/t10-,11-/m0/s1. The maximum absolute atomic E-state index is 12.2. The molecule has 1 aliphatic rings. The molecule has 1 N–H and O–H groups in total. The molecule has 6 nitrogen and oxygen atoms in total. The van der Waals surface area contributed by atoms with E-state index in [1.54, 1.807) is 19.5 Å². The molecule has 21 heavy (non-hydrogen) atoms. The van der Waals surface area contributed by atoms with E-state index in [1.165, 1.54) is 0 Å². The summed E-state index contributed by atoms with van der Waals surface area (Å²) in [4.78, 5) is 22.7. The van der Waals surface area contributed by atoms with Crippen molar-refractivity contribution in [3.8, 4) is 0 Å². The molecule has 7 heteroatoms. The fourth-order valence-electron chi connectivity index (χ4n) is 2.47. The third kappa shape index (κ3) is 4.28. The normalized spacial score (nSPS) is 22.1. The van der Waals surface area contributed by atoms with Gasteiger partial charge in [0.05, 0.1) is 29.9 Å². The lowest BCUT2D eigenvalue weighted by molar-refractivity contribution is -0.125. The Balaban J connectivity index is 1.98. The zero-order chi connectivity index (χ0) is 15.2. The molecule has 1 fully saturated rings. The Labute approximate surface area is 129 Å². The Bertz CT molecular complexity index is 469. The number of hydrogen-bond acceptors (Lipinski definition) is 5. The minimum atomic E-state index is -0.0441. The molecule has 0 aliphatic carbocycles. The van der Waals surface area contributed by atoms with Gasteiger partial charge in [0.1, 0.15) is 0 Å². The number of amides is 1. The molecule has 0 unspecified atom stereocenters. The van der Waals surface area contributed by atoms with Crippen LogP contribution in [-0.4, -0.2) is 48.7 Å². The summed E-state index contributed by atoms with van der Waals surface area (Å²) in [6.45, 7) is 3.82. The molecule has 1 aromatic heterocycles. The number of ether oxygens (including phenoxy) is 1. The van der Waals surface area contributed by atoms with Crippen LogP contribution in [0.4, 0.5) is 5.95 Å². The van der Waals surface area contributed by atoms with Crippen LogP contribution in [0.5, 0.6) is 0 Å². The Morgan fingerprint density at radius 3 is 2.86 bits per heavy atom. The summed E-state index contributed by atoms with van der Waals surface area (Å²) in [5.74, 6) is 0.650. The Morgan fingerprint density at radius 2 is 2.19 bits per heavy atom. The molecule has 1 aromatic rings. The number of nitrogens with one attached hydrogen (secondary N) is 1. The van der Waals surface area contributed by atoms with Crippen LogP contribution in [0.25, 0.3) is 0 Å². The van der Waals surface area contributed by atoms with Crippen molar-refractivity contribution in [1.82, 2.24) is 15.3 Å². The summed E-state index contributed by atoms with van der Waals surface area (Å²) in [5, 5.41) is 3.41. The van der Waals surface area contributed by atoms with Crippen LogP contribution in [-0.2, 0) is 9.53 Å². The monoisotopic (exact) mass is 312 g/mol. The van der Waals surface area contributed by atoms with E-state index in [0.717, 1.165) is 12.8 Å². The molecule has 2 atom stereocenters. The molecule has 1 aliphatic heterocycles. The number of rotatable bonds is 5. The molecule has 2 rings (SSSR count). The molecule has 0 aromatic carbocycles. The first-order valence-electron chi connectivity index (χ1n) is 7.12. The van der Waals surface area contributed by atoms with Gasteiger partial charge in [0, 0.05) is 26.2 Å². The summed E-state index contributed by atoms with van der Waals surface area (Å²) in [6, 6.07) is 0.314. The zero-order valence-corrected chi connectivity index (χ0v) is 13.1. The first-order chi connectivity index (χ1) is 10.1. The number of aromatic nitrogens is 2. The van der Waals surface area contributed by atoms with Crippen molar-refractivity contribution in [1.29, 1.82) is 0 Å². The van der Waals surface area contributed by atoms with Crippen molar-refractivity contribution in [2.24, 2.45) is 5.92 Å². The van der Waals surface area contributed by atoms with Crippen molar-refractivity contribution in [3.05, 3.63) is 17.4 Å². The van der Waals surface area contributed by atoms with Crippen LogP contribution < -0.4 is 10.2 Å². The topological polar surface area (TPSA) is 67.3 Å². The van der Waals surface area contributed by atoms with Gasteiger partial charge >= 0.3 is 0 Å². The van der Waals surface area contributed by atoms with E-state index < -0.39 is 0 Å². The van der Waals surface area contributed by atoms with Crippen molar-refractivity contribution >= 4 is 23.5 Å². The Kier molecular flexibility index (Phi) is 5.76. The van der Waals surface area contributed by atoms with Crippen LogP contribution in [0.2, 0.25) is 5.02 Å². The second-order valence-corrected chi connectivity index (χ2v) is 5.70. The molecule has 0 radical (unpaired) electrons. The number of anilines is 1. The third-order valence-electron chi connectivity index (χ3n) is 3.72. The number of hydrogen-bond donors (Lipinski definition) is 1. The molecule has 116 valence electrons. The number of nitrogens with zero attached hydrogens (tertiary/aromatic N) is 3. The van der Waals surface area contributed by atoms with E-state index in [1.807, 2.05) is 0 Å². The maximum Gasteiger partial charge on any atom is 0.225 e. The average molecular weight is 313 g/mol. The molecular weight excluding hydrogens is 292 g/mol. The Morgan fingerprint density at radius 1 is 1.48 bits per heavy atom.